The summed E-state index contributed by atoms with van der Waals surface area (Å²) in [4.78, 5) is 0. The van der Waals surface area contributed by atoms with Crippen LogP contribution in [0.5, 0.6) is 0 Å². The Hall–Kier alpha value is -0.850. The molecule has 2 fully saturated rings. The molecule has 17 heavy (non-hydrogen) atoms. The standard InChI is InChI=1S/C11H15NO4S/c1-9-2-3-10(16-9)17(13,14)12-6-7-15-8-11(12)4-5-11/h2-3H,4-8H2,1H3. The zero-order valence-electron chi connectivity index (χ0n) is 9.68. The second-order valence-electron chi connectivity index (χ2n) is 4.72. The fourth-order valence-corrected chi connectivity index (χ4v) is 4.05. The zero-order chi connectivity index (χ0) is 12.1. The Kier molecular flexibility index (Phi) is 2.36. The topological polar surface area (TPSA) is 59.8 Å². The maximum atomic E-state index is 12.4. The lowest BCUT2D eigenvalue weighted by molar-refractivity contribution is 0.0207. The minimum Gasteiger partial charge on any atom is -0.449 e. The van der Waals surface area contributed by atoms with E-state index in [2.05, 4.69) is 0 Å². The van der Waals surface area contributed by atoms with Crippen molar-refractivity contribution >= 4 is 10.0 Å². The molecule has 0 aromatic carbocycles. The van der Waals surface area contributed by atoms with Crippen molar-refractivity contribution in [2.75, 3.05) is 19.8 Å². The molecule has 0 bridgehead atoms. The number of rotatable bonds is 2. The number of ether oxygens (including phenoxy) is 1. The van der Waals surface area contributed by atoms with E-state index in [-0.39, 0.29) is 10.6 Å². The van der Waals surface area contributed by atoms with Gasteiger partial charge >= 0.3 is 0 Å². The number of hydrogen-bond acceptors (Lipinski definition) is 4. The molecule has 1 aromatic rings. The van der Waals surface area contributed by atoms with Crippen molar-refractivity contribution in [2.45, 2.75) is 30.4 Å². The summed E-state index contributed by atoms with van der Waals surface area (Å²) in [5, 5.41) is 0.0446. The third-order valence-corrected chi connectivity index (χ3v) is 5.30. The summed E-state index contributed by atoms with van der Waals surface area (Å²) >= 11 is 0. The van der Waals surface area contributed by atoms with E-state index >= 15 is 0 Å². The highest BCUT2D eigenvalue weighted by atomic mass is 32.2. The first-order valence-electron chi connectivity index (χ1n) is 5.72. The Morgan fingerprint density at radius 3 is 2.71 bits per heavy atom. The Labute approximate surface area is 100 Å². The molecule has 2 aliphatic rings. The van der Waals surface area contributed by atoms with Crippen LogP contribution in [0.2, 0.25) is 0 Å². The van der Waals surface area contributed by atoms with Gasteiger partial charge in [-0.3, -0.25) is 0 Å². The third kappa shape index (κ3) is 1.71. The lowest BCUT2D eigenvalue weighted by Crippen LogP contribution is -2.50. The van der Waals surface area contributed by atoms with E-state index < -0.39 is 10.0 Å². The molecule has 0 N–H and O–H groups in total. The van der Waals surface area contributed by atoms with Crippen LogP contribution < -0.4 is 0 Å². The summed E-state index contributed by atoms with van der Waals surface area (Å²) in [7, 11) is -3.50. The third-order valence-electron chi connectivity index (χ3n) is 3.43. The molecular formula is C11H15NO4S. The number of sulfonamides is 1. The highest BCUT2D eigenvalue weighted by Gasteiger charge is 2.55. The van der Waals surface area contributed by atoms with Crippen molar-refractivity contribution in [1.29, 1.82) is 0 Å². The van der Waals surface area contributed by atoms with Crippen molar-refractivity contribution in [3.63, 3.8) is 0 Å². The largest absolute Gasteiger partial charge is 0.449 e. The first-order valence-corrected chi connectivity index (χ1v) is 7.16. The monoisotopic (exact) mass is 257 g/mol. The van der Waals surface area contributed by atoms with Crippen LogP contribution in [0.1, 0.15) is 18.6 Å². The van der Waals surface area contributed by atoms with Crippen molar-refractivity contribution in [3.8, 4) is 0 Å². The molecule has 0 radical (unpaired) electrons. The average molecular weight is 257 g/mol. The summed E-state index contributed by atoms with van der Waals surface area (Å²) in [6, 6.07) is 3.20. The Morgan fingerprint density at radius 2 is 2.12 bits per heavy atom. The summed E-state index contributed by atoms with van der Waals surface area (Å²) < 4.78 is 37.1. The highest BCUT2D eigenvalue weighted by Crippen LogP contribution is 2.46. The Bertz CT molecular complexity index is 529. The molecular weight excluding hydrogens is 242 g/mol. The highest BCUT2D eigenvalue weighted by molar-refractivity contribution is 7.89. The van der Waals surface area contributed by atoms with Gasteiger partial charge in [0.15, 0.2) is 0 Å². The normalized spacial score (nSPS) is 24.1. The van der Waals surface area contributed by atoms with E-state index in [1.807, 2.05) is 0 Å². The quantitative estimate of drug-likeness (QED) is 0.797. The molecule has 1 spiro atoms. The van der Waals surface area contributed by atoms with Gasteiger partial charge in [-0.15, -0.1) is 0 Å². The second-order valence-corrected chi connectivity index (χ2v) is 6.51. The minimum absolute atomic E-state index is 0.0446. The minimum atomic E-state index is -3.50. The molecule has 94 valence electrons. The number of furan rings is 1. The van der Waals surface area contributed by atoms with Crippen LogP contribution in [0.4, 0.5) is 0 Å². The number of morpholine rings is 1. The number of aryl methyl sites for hydroxylation is 1. The van der Waals surface area contributed by atoms with E-state index in [4.69, 9.17) is 9.15 Å². The van der Waals surface area contributed by atoms with Crippen LogP contribution in [0.25, 0.3) is 0 Å². The molecule has 3 rings (SSSR count). The predicted octanol–water partition coefficient (Wildman–Crippen LogP) is 1.14. The van der Waals surface area contributed by atoms with Gasteiger partial charge in [0.2, 0.25) is 5.09 Å². The Balaban J connectivity index is 1.97. The van der Waals surface area contributed by atoms with Crippen molar-refractivity contribution in [2.24, 2.45) is 0 Å². The summed E-state index contributed by atoms with van der Waals surface area (Å²) in [5.41, 5.74) is -0.294. The van der Waals surface area contributed by atoms with E-state index in [0.29, 0.717) is 25.5 Å². The Morgan fingerprint density at radius 1 is 1.35 bits per heavy atom. The molecule has 6 heteroatoms. The van der Waals surface area contributed by atoms with Crippen LogP contribution in [0.3, 0.4) is 0 Å². The molecule has 1 saturated heterocycles. The van der Waals surface area contributed by atoms with Crippen LogP contribution in [0, 0.1) is 6.92 Å². The fraction of sp³-hybridized carbons (Fsp3) is 0.636. The van der Waals surface area contributed by atoms with Gasteiger partial charge in [0.1, 0.15) is 5.76 Å². The van der Waals surface area contributed by atoms with E-state index in [0.717, 1.165) is 12.8 Å². The van der Waals surface area contributed by atoms with Gasteiger partial charge < -0.3 is 9.15 Å². The van der Waals surface area contributed by atoms with Crippen molar-refractivity contribution in [3.05, 3.63) is 17.9 Å². The van der Waals surface area contributed by atoms with Gasteiger partial charge in [-0.25, -0.2) is 8.42 Å². The molecule has 0 atom stereocenters. The first-order chi connectivity index (χ1) is 8.05. The smallest absolute Gasteiger partial charge is 0.277 e. The zero-order valence-corrected chi connectivity index (χ0v) is 10.5. The van der Waals surface area contributed by atoms with Gasteiger partial charge in [0, 0.05) is 6.54 Å². The SMILES string of the molecule is Cc1ccc(S(=O)(=O)N2CCOCC23CC3)o1. The van der Waals surface area contributed by atoms with E-state index in [1.54, 1.807) is 17.3 Å². The molecule has 5 nitrogen and oxygen atoms in total. The van der Waals surface area contributed by atoms with Gasteiger partial charge in [0.05, 0.1) is 18.8 Å². The summed E-state index contributed by atoms with van der Waals surface area (Å²) in [5.74, 6) is 0.613. The van der Waals surface area contributed by atoms with Crippen LogP contribution in [-0.4, -0.2) is 38.0 Å². The van der Waals surface area contributed by atoms with Crippen molar-refractivity contribution < 1.29 is 17.6 Å². The molecule has 1 aliphatic carbocycles. The lowest BCUT2D eigenvalue weighted by atomic mass is 10.2. The van der Waals surface area contributed by atoms with Gasteiger partial charge in [0.25, 0.3) is 10.0 Å². The first kappa shape index (κ1) is 11.3. The molecule has 0 unspecified atom stereocenters. The molecule has 1 saturated carbocycles. The average Bonchev–Trinajstić information content (AvgIpc) is 2.89. The van der Waals surface area contributed by atoms with Crippen LogP contribution in [0.15, 0.2) is 21.6 Å². The van der Waals surface area contributed by atoms with Gasteiger partial charge in [-0.05, 0) is 31.9 Å². The number of hydrogen-bond donors (Lipinski definition) is 0. The van der Waals surface area contributed by atoms with Crippen LogP contribution >= 0.6 is 0 Å². The maximum Gasteiger partial charge on any atom is 0.277 e. The molecule has 2 heterocycles. The molecule has 1 aliphatic heterocycles. The molecule has 1 aromatic heterocycles. The maximum absolute atomic E-state index is 12.4. The van der Waals surface area contributed by atoms with Gasteiger partial charge in [-0.1, -0.05) is 0 Å². The van der Waals surface area contributed by atoms with Gasteiger partial charge in [-0.2, -0.15) is 4.31 Å². The lowest BCUT2D eigenvalue weighted by Gasteiger charge is -2.34. The second kappa shape index (κ2) is 3.57. The molecule has 0 amide bonds. The fourth-order valence-electron chi connectivity index (χ4n) is 2.29. The van der Waals surface area contributed by atoms with E-state index in [1.165, 1.54) is 6.07 Å². The number of nitrogens with zero attached hydrogens (tertiary/aromatic N) is 1. The summed E-state index contributed by atoms with van der Waals surface area (Å²) in [6.07, 6.45) is 1.76. The predicted molar refractivity (Wildman–Crippen MR) is 60.1 cm³/mol. The van der Waals surface area contributed by atoms with Crippen molar-refractivity contribution in [1.82, 2.24) is 4.31 Å². The summed E-state index contributed by atoms with van der Waals surface area (Å²) in [6.45, 7) is 3.12. The van der Waals surface area contributed by atoms with Crippen LogP contribution in [-0.2, 0) is 14.8 Å². The van der Waals surface area contributed by atoms with E-state index in [9.17, 15) is 8.42 Å².